The molecule has 44 heteroatoms. The average molecular weight is 1910 g/mol. The van der Waals surface area contributed by atoms with E-state index >= 15 is 0 Å². The van der Waals surface area contributed by atoms with E-state index < -0.39 is 24.4 Å². The number of aliphatic hydroxyl groups is 4. The number of aromatic nitrogens is 20. The molecule has 4 amide bonds. The topological polar surface area (TPSA) is 511 Å². The van der Waals surface area contributed by atoms with Crippen LogP contribution >= 0.6 is 0 Å². The van der Waals surface area contributed by atoms with Crippen LogP contribution in [0.25, 0.3) is 112 Å². The summed E-state index contributed by atoms with van der Waals surface area (Å²) in [5.41, 5.74) is 12.7. The highest BCUT2D eigenvalue weighted by molar-refractivity contribution is 6.05. The Labute approximate surface area is 798 Å². The predicted molar refractivity (Wildman–Crippen MR) is 514 cm³/mol. The molecular weight excluding hydrogens is 1800 g/mol. The molecule has 12 N–H and O–H groups in total. The SMILES string of the molecule is CNc1cc(-c2cn([C@@H]3COC[C@H]3OC)c3ncccc23)nc2c(C(=O)N[C@@H]3CC[C@@H]3O)cnn12.CNc1cc(-c2cn([C@@H]3COC[C@H]3OC)c3ncccc23)nc2c(C(=O)N[C@H]3CC[C@H]3O)cnn12.CNc1cc(-c2cn([C@H]3COC[C@@H]3OC)c3ncccc23)nc2c(C(=O)NC3CC[C@H]3O)cnn12.CNc1cc(-c2cn([C@H]3COC[C@@H]3OC)c3ncccc23)nc2c(C(=O)N[C@H]3CC[C@H]3O)cnn12. The van der Waals surface area contributed by atoms with Crippen molar-refractivity contribution in [1.82, 2.24) is 118 Å². The number of nitrogens with one attached hydrogen (secondary N) is 8. The molecule has 20 heterocycles. The molecule has 4 saturated heterocycles. The Morgan fingerprint density at radius 1 is 0.321 bits per heavy atom. The van der Waals surface area contributed by atoms with Crippen LogP contribution in [0.5, 0.6) is 0 Å². The summed E-state index contributed by atoms with van der Waals surface area (Å²) in [5, 5.41) is 85.0. The predicted octanol–water partition coefficient (Wildman–Crippen LogP) is 6.51. The van der Waals surface area contributed by atoms with Crippen molar-refractivity contribution in [2.45, 2.75) is 149 Å². The van der Waals surface area contributed by atoms with Gasteiger partial charge in [0.05, 0.1) is 173 Å². The molecule has 1 unspecified atom stereocenters. The Hall–Kier alpha value is -14.2. The number of amides is 4. The molecule has 140 heavy (non-hydrogen) atoms. The van der Waals surface area contributed by atoms with Gasteiger partial charge in [0.1, 0.15) is 92.5 Å². The zero-order valence-electron chi connectivity index (χ0n) is 78.0. The van der Waals surface area contributed by atoms with Crippen LogP contribution in [0.1, 0.15) is 117 Å². The first-order valence-electron chi connectivity index (χ1n) is 46.8. The molecule has 24 rings (SSSR count). The van der Waals surface area contributed by atoms with Gasteiger partial charge in [-0.2, -0.15) is 38.5 Å². The molecule has 4 saturated carbocycles. The number of methoxy groups -OCH3 is 4. The van der Waals surface area contributed by atoms with Crippen LogP contribution in [-0.2, 0) is 37.9 Å². The number of fused-ring (bicyclic) bond motifs is 8. The number of ether oxygens (including phenoxy) is 8. The first kappa shape index (κ1) is 92.2. The number of pyridine rings is 4. The van der Waals surface area contributed by atoms with Crippen molar-refractivity contribution in [3.8, 4) is 45.0 Å². The molecule has 4 aliphatic heterocycles. The Morgan fingerprint density at radius 2 is 0.543 bits per heavy atom. The van der Waals surface area contributed by atoms with Gasteiger partial charge in [-0.05, 0) is 99.9 Å². The van der Waals surface area contributed by atoms with Crippen LogP contribution < -0.4 is 42.5 Å². The molecule has 8 fully saturated rings. The van der Waals surface area contributed by atoms with Gasteiger partial charge in [0.25, 0.3) is 23.6 Å². The van der Waals surface area contributed by atoms with Gasteiger partial charge in [0.15, 0.2) is 22.6 Å². The maximum atomic E-state index is 13.0. The molecule has 0 radical (unpaired) electrons. The minimum Gasteiger partial charge on any atom is -0.391 e. The van der Waals surface area contributed by atoms with E-state index in [2.05, 4.69) is 101 Å². The van der Waals surface area contributed by atoms with Crippen LogP contribution in [0.3, 0.4) is 0 Å². The van der Waals surface area contributed by atoms with Crippen LogP contribution in [0.15, 0.2) is 147 Å². The summed E-state index contributed by atoms with van der Waals surface area (Å²) in [6, 6.07) is 22.3. The molecule has 44 nitrogen and oxygen atoms in total. The molecule has 0 bridgehead atoms. The lowest BCUT2D eigenvalue weighted by molar-refractivity contribution is 0.0448. The van der Waals surface area contributed by atoms with Gasteiger partial charge in [0, 0.05) is 174 Å². The second-order valence-electron chi connectivity index (χ2n) is 36.0. The van der Waals surface area contributed by atoms with Gasteiger partial charge in [-0.25, -0.2) is 39.9 Å². The van der Waals surface area contributed by atoms with Gasteiger partial charge >= 0.3 is 0 Å². The second kappa shape index (κ2) is 38.9. The summed E-state index contributed by atoms with van der Waals surface area (Å²) in [6.45, 7) is 4.25. The molecule has 16 aromatic rings. The Balaban J connectivity index is 0.000000111. The number of anilines is 4. The number of aliphatic hydroxyl groups excluding tert-OH is 4. The molecule has 4 aliphatic carbocycles. The third kappa shape index (κ3) is 16.8. The zero-order chi connectivity index (χ0) is 96.4. The van der Waals surface area contributed by atoms with E-state index in [1.54, 1.807) is 99.5 Å². The first-order chi connectivity index (χ1) is 68.3. The highest BCUT2D eigenvalue weighted by atomic mass is 16.6. The van der Waals surface area contributed by atoms with Crippen LogP contribution in [0, 0.1) is 0 Å². The van der Waals surface area contributed by atoms with Gasteiger partial charge in [-0.15, -0.1) is 0 Å². The third-order valence-corrected chi connectivity index (χ3v) is 28.2. The molecule has 0 aromatic carbocycles. The van der Waals surface area contributed by atoms with Crippen molar-refractivity contribution in [3.63, 3.8) is 0 Å². The maximum absolute atomic E-state index is 13.0. The summed E-state index contributed by atoms with van der Waals surface area (Å²) in [5.74, 6) is 1.56. The average Bonchev–Trinajstić information content (AvgIpc) is 1.17. The molecule has 8 aliphatic rings. The van der Waals surface area contributed by atoms with Crippen molar-refractivity contribution in [2.75, 3.05) is 131 Å². The number of rotatable bonds is 24. The number of nitrogens with zero attached hydrogens (tertiary/aromatic N) is 20. The lowest BCUT2D eigenvalue weighted by Gasteiger charge is -2.32. The van der Waals surface area contributed by atoms with E-state index in [0.717, 1.165) is 92.1 Å². The van der Waals surface area contributed by atoms with Crippen molar-refractivity contribution >= 4 is 114 Å². The fraction of sp³-hybridized carbons (Fsp3) is 0.417. The van der Waals surface area contributed by atoms with E-state index in [1.165, 1.54) is 24.8 Å². The highest BCUT2D eigenvalue weighted by Crippen LogP contribution is 2.42. The lowest BCUT2D eigenvalue weighted by Crippen LogP contribution is -2.50. The van der Waals surface area contributed by atoms with E-state index in [1.807, 2.05) is 97.6 Å². The summed E-state index contributed by atoms with van der Waals surface area (Å²) >= 11 is 0. The van der Waals surface area contributed by atoms with Crippen LogP contribution in [-0.4, -0.2) is 323 Å². The fourth-order valence-corrected chi connectivity index (χ4v) is 19.5. The summed E-state index contributed by atoms with van der Waals surface area (Å²) in [7, 11) is 14.0. The lowest BCUT2D eigenvalue weighted by atomic mass is 9.89. The number of hydrogen-bond acceptors (Lipinski definition) is 32. The van der Waals surface area contributed by atoms with Gasteiger partial charge in [-0.3, -0.25) is 19.2 Å². The van der Waals surface area contributed by atoms with Crippen LogP contribution in [0.2, 0.25) is 0 Å². The van der Waals surface area contributed by atoms with Crippen molar-refractivity contribution in [2.24, 2.45) is 0 Å². The van der Waals surface area contributed by atoms with Crippen molar-refractivity contribution in [1.29, 1.82) is 0 Å². The van der Waals surface area contributed by atoms with E-state index in [9.17, 15) is 39.6 Å². The minimum absolute atomic E-state index is 0.0103. The molecule has 0 spiro atoms. The smallest absolute Gasteiger partial charge is 0.257 e. The monoisotopic (exact) mass is 1910 g/mol. The van der Waals surface area contributed by atoms with Gasteiger partial charge in [-0.1, -0.05) is 0 Å². The molecule has 16 aromatic heterocycles. The Morgan fingerprint density at radius 3 is 0.729 bits per heavy atom. The standard InChI is InChI=1S/4C24H27N7O4/c4*1-25-21-8-17(28-23-14(9-27-31(21)23)24(33)29-16-5-6-19(16)32)15-10-30(18-11-35-12-20(18)34-2)22-13(15)4-3-7-26-22/h4*3-4,7-10,16,18-20,25,32H,5-6,11-12H2,1-2H3,(H,29,33)/t16?,18-,19+,20-;16-,18+,19+,20+;2*16-,18-,19+,20-/m0010/s1. The van der Waals surface area contributed by atoms with Crippen molar-refractivity contribution in [3.05, 3.63) is 169 Å². The van der Waals surface area contributed by atoms with Crippen LogP contribution in [0.4, 0.5) is 23.3 Å². The van der Waals surface area contributed by atoms with E-state index in [0.29, 0.717) is 169 Å². The Kier molecular flexibility index (Phi) is 25.6. The maximum Gasteiger partial charge on any atom is 0.257 e. The largest absolute Gasteiger partial charge is 0.391 e. The quantitative estimate of drug-likeness (QED) is 0.0307. The fourth-order valence-electron chi connectivity index (χ4n) is 19.5. The number of hydrogen-bond donors (Lipinski definition) is 12. The normalized spacial score (nSPS) is 24.1. The minimum atomic E-state index is -0.508. The number of carbonyl (C=O) groups excluding carboxylic acids is 4. The van der Waals surface area contributed by atoms with E-state index in [-0.39, 0.29) is 96.4 Å². The summed E-state index contributed by atoms with van der Waals surface area (Å²) in [6.07, 6.45) is 24.7. The van der Waals surface area contributed by atoms with E-state index in [4.69, 9.17) is 57.8 Å². The van der Waals surface area contributed by atoms with Gasteiger partial charge in [0.2, 0.25) is 0 Å². The second-order valence-corrected chi connectivity index (χ2v) is 36.0. The number of carbonyl (C=O) groups is 4. The highest BCUT2D eigenvalue weighted by Gasteiger charge is 2.41. The molecular formula is C96H108N28O16. The Bertz CT molecular complexity index is 6510. The van der Waals surface area contributed by atoms with Crippen molar-refractivity contribution < 1.29 is 77.5 Å². The molecule has 728 valence electrons. The third-order valence-electron chi connectivity index (χ3n) is 28.2. The zero-order valence-corrected chi connectivity index (χ0v) is 78.0. The summed E-state index contributed by atoms with van der Waals surface area (Å²) < 4.78 is 60.2. The molecule has 16 atom stereocenters. The summed E-state index contributed by atoms with van der Waals surface area (Å²) in [4.78, 5) is 90.0. The first-order valence-corrected chi connectivity index (χ1v) is 46.8. The van der Waals surface area contributed by atoms with Gasteiger partial charge < -0.3 is 119 Å².